The van der Waals surface area contributed by atoms with Crippen molar-refractivity contribution in [1.82, 2.24) is 15.2 Å². The lowest BCUT2D eigenvalue weighted by atomic mass is 9.88. The van der Waals surface area contributed by atoms with Gasteiger partial charge in [0.25, 0.3) is 21.8 Å². The lowest BCUT2D eigenvalue weighted by Crippen LogP contribution is -2.40. The molecule has 0 bridgehead atoms. The first-order chi connectivity index (χ1) is 16.8. The van der Waals surface area contributed by atoms with Gasteiger partial charge < -0.3 is 5.32 Å². The average Bonchev–Trinajstić information content (AvgIpc) is 3.56. The number of hydrogen-bond donors (Lipinski definition) is 1. The number of fused-ring (bicyclic) bond motifs is 1. The third kappa shape index (κ3) is 4.34. The van der Waals surface area contributed by atoms with Gasteiger partial charge in [-0.2, -0.15) is 13.5 Å². The summed E-state index contributed by atoms with van der Waals surface area (Å²) in [5.74, 6) is -0.496. The normalized spacial score (nSPS) is 19.2. The summed E-state index contributed by atoms with van der Waals surface area (Å²) in [7, 11) is -4.00. The van der Waals surface area contributed by atoms with Gasteiger partial charge in [-0.15, -0.1) is 4.40 Å². The second-order valence-corrected chi connectivity index (χ2v) is 10.8. The van der Waals surface area contributed by atoms with Gasteiger partial charge in [0.05, 0.1) is 29.1 Å². The number of benzene rings is 2. The van der Waals surface area contributed by atoms with Gasteiger partial charge in [-0.25, -0.2) is 5.01 Å². The molecule has 0 unspecified atom stereocenters. The van der Waals surface area contributed by atoms with E-state index in [1.165, 1.54) is 17.0 Å². The van der Waals surface area contributed by atoms with E-state index in [1.807, 2.05) is 13.1 Å². The maximum Gasteiger partial charge on any atom is 0.285 e. The highest BCUT2D eigenvalue weighted by atomic mass is 32.2. The second kappa shape index (κ2) is 8.92. The molecule has 0 atom stereocenters. The smallest absolute Gasteiger partial charge is 0.285 e. The van der Waals surface area contributed by atoms with Crippen LogP contribution in [-0.4, -0.2) is 55.4 Å². The first kappa shape index (κ1) is 23.2. The van der Waals surface area contributed by atoms with E-state index in [2.05, 4.69) is 14.8 Å². The first-order valence-corrected chi connectivity index (χ1v) is 13.2. The average molecular weight is 494 g/mol. The fourth-order valence-electron chi connectivity index (χ4n) is 4.90. The summed E-state index contributed by atoms with van der Waals surface area (Å²) in [5.41, 5.74) is 1.41. The van der Waals surface area contributed by atoms with Crippen molar-refractivity contribution in [1.29, 1.82) is 0 Å². The summed E-state index contributed by atoms with van der Waals surface area (Å²) in [4.78, 5) is 26.4. The van der Waals surface area contributed by atoms with Gasteiger partial charge in [0.15, 0.2) is 0 Å². The lowest BCUT2D eigenvalue weighted by Gasteiger charge is -2.23. The van der Waals surface area contributed by atoms with E-state index in [0.29, 0.717) is 29.8 Å². The zero-order valence-corrected chi connectivity index (χ0v) is 20.3. The molecule has 10 heteroatoms. The molecule has 0 saturated heterocycles. The number of carbonyl (C=O) groups excluding carboxylic acids is 2. The molecule has 2 aliphatic heterocycles. The molecule has 2 aromatic rings. The summed E-state index contributed by atoms with van der Waals surface area (Å²) in [6.45, 7) is 3.06. The number of imide groups is 1. The van der Waals surface area contributed by atoms with Crippen molar-refractivity contribution in [2.75, 3.05) is 13.1 Å². The largest absolute Gasteiger partial charge is 0.354 e. The number of nitrogens with one attached hydrogen (secondary N) is 1. The minimum atomic E-state index is -4.00. The third-order valence-corrected chi connectivity index (χ3v) is 8.04. The molecule has 3 aliphatic rings. The van der Waals surface area contributed by atoms with E-state index in [4.69, 9.17) is 0 Å². The van der Waals surface area contributed by atoms with Gasteiger partial charge in [-0.3, -0.25) is 14.5 Å². The van der Waals surface area contributed by atoms with Crippen LogP contribution in [0.2, 0.25) is 0 Å². The van der Waals surface area contributed by atoms with Crippen molar-refractivity contribution in [2.24, 2.45) is 14.9 Å². The van der Waals surface area contributed by atoms with E-state index in [9.17, 15) is 18.0 Å². The molecule has 35 heavy (non-hydrogen) atoms. The predicted octanol–water partition coefficient (Wildman–Crippen LogP) is 3.00. The number of nitrogens with zero attached hydrogens (tertiary/aromatic N) is 4. The van der Waals surface area contributed by atoms with Crippen LogP contribution in [0.15, 0.2) is 62.9 Å². The number of amides is 2. The van der Waals surface area contributed by atoms with Crippen molar-refractivity contribution in [3.63, 3.8) is 0 Å². The molecule has 1 fully saturated rings. The monoisotopic (exact) mass is 493 g/mol. The Morgan fingerprint density at radius 1 is 1.03 bits per heavy atom. The van der Waals surface area contributed by atoms with Crippen LogP contribution >= 0.6 is 0 Å². The molecule has 1 saturated carbocycles. The molecule has 2 heterocycles. The number of rotatable bonds is 5. The lowest BCUT2D eigenvalue weighted by molar-refractivity contribution is 0.0642. The minimum absolute atomic E-state index is 0.00566. The molecular weight excluding hydrogens is 466 g/mol. The Hall–Kier alpha value is -3.53. The summed E-state index contributed by atoms with van der Waals surface area (Å²) in [5, 5.41) is 9.13. The summed E-state index contributed by atoms with van der Waals surface area (Å²) in [6, 6.07) is 12.8. The Kier molecular flexibility index (Phi) is 5.92. The Balaban J connectivity index is 1.32. The minimum Gasteiger partial charge on any atom is -0.354 e. The van der Waals surface area contributed by atoms with Crippen molar-refractivity contribution >= 4 is 34.0 Å². The summed E-state index contributed by atoms with van der Waals surface area (Å²) < 4.78 is 30.2. The van der Waals surface area contributed by atoms with E-state index in [-0.39, 0.29) is 34.6 Å². The molecule has 5 rings (SSSR count). The van der Waals surface area contributed by atoms with Gasteiger partial charge in [0, 0.05) is 18.2 Å². The molecule has 2 aromatic carbocycles. The quantitative estimate of drug-likeness (QED) is 0.389. The Morgan fingerprint density at radius 2 is 1.66 bits per heavy atom. The molecule has 1 N–H and O–H groups in total. The van der Waals surface area contributed by atoms with Crippen LogP contribution < -0.4 is 5.32 Å². The molecule has 182 valence electrons. The van der Waals surface area contributed by atoms with E-state index < -0.39 is 10.0 Å². The zero-order chi connectivity index (χ0) is 24.6. The maximum absolute atomic E-state index is 13.1. The van der Waals surface area contributed by atoms with Crippen molar-refractivity contribution in [2.45, 2.75) is 44.0 Å². The summed E-state index contributed by atoms with van der Waals surface area (Å²) in [6.07, 6.45) is 6.34. The molecular formula is C25H27N5O4S. The Labute approximate surface area is 204 Å². The number of hydrazone groups is 1. The fourth-order valence-corrected chi connectivity index (χ4v) is 5.87. The number of hydrogen-bond acceptors (Lipinski definition) is 5. The fraction of sp³-hybridized carbons (Fsp3) is 0.360. The van der Waals surface area contributed by atoms with Crippen LogP contribution in [-0.2, 0) is 16.6 Å². The van der Waals surface area contributed by atoms with Crippen molar-refractivity contribution in [3.05, 3.63) is 65.2 Å². The van der Waals surface area contributed by atoms with Crippen LogP contribution in [0.3, 0.4) is 0 Å². The topological polar surface area (TPSA) is 112 Å². The van der Waals surface area contributed by atoms with E-state index in [0.717, 1.165) is 25.7 Å². The zero-order valence-electron chi connectivity index (χ0n) is 19.5. The highest BCUT2D eigenvalue weighted by molar-refractivity contribution is 7.90. The third-order valence-electron chi connectivity index (χ3n) is 6.76. The van der Waals surface area contributed by atoms with Crippen LogP contribution in [0.5, 0.6) is 0 Å². The Bertz CT molecular complexity index is 1290. The van der Waals surface area contributed by atoms with Crippen LogP contribution in [0.4, 0.5) is 0 Å². The summed E-state index contributed by atoms with van der Waals surface area (Å²) >= 11 is 0. The molecule has 2 amide bonds. The van der Waals surface area contributed by atoms with Crippen LogP contribution in [0.1, 0.15) is 58.9 Å². The second-order valence-electron chi connectivity index (χ2n) is 9.18. The number of guanidine groups is 1. The van der Waals surface area contributed by atoms with Gasteiger partial charge in [-0.05, 0) is 49.6 Å². The van der Waals surface area contributed by atoms with Crippen molar-refractivity contribution < 1.29 is 18.0 Å². The predicted molar refractivity (Wildman–Crippen MR) is 131 cm³/mol. The molecule has 0 radical (unpaired) electrons. The van der Waals surface area contributed by atoms with Gasteiger partial charge in [-0.1, -0.05) is 37.1 Å². The van der Waals surface area contributed by atoms with E-state index >= 15 is 0 Å². The number of carbonyl (C=O) groups is 2. The Morgan fingerprint density at radius 3 is 2.26 bits per heavy atom. The molecule has 9 nitrogen and oxygen atoms in total. The highest BCUT2D eigenvalue weighted by Crippen LogP contribution is 2.40. The first-order valence-electron chi connectivity index (χ1n) is 11.8. The molecule has 1 spiro atoms. The SMILES string of the molecule is CCNC(=NS(=O)(=O)c1ccc(CN2C(=O)c3ccccc3C2=O)cc1)N1CC2(C=N1)CCCC2. The van der Waals surface area contributed by atoms with Gasteiger partial charge in [0.1, 0.15) is 0 Å². The van der Waals surface area contributed by atoms with Gasteiger partial charge in [0.2, 0.25) is 5.96 Å². The molecule has 1 aliphatic carbocycles. The van der Waals surface area contributed by atoms with Gasteiger partial charge >= 0.3 is 0 Å². The maximum atomic E-state index is 13.1. The van der Waals surface area contributed by atoms with E-state index in [1.54, 1.807) is 41.4 Å². The standard InChI is InChI=1S/C25H27N5O4S/c1-2-26-24(30-17-25(16-27-30)13-5-6-14-25)28-35(33,34)19-11-9-18(10-12-19)15-29-22(31)20-7-3-4-8-21(20)23(29)32/h3-4,7-12,16H,2,5-6,13-15,17H2,1H3,(H,26,28). The number of sulfonamides is 1. The van der Waals surface area contributed by atoms with Crippen LogP contribution in [0, 0.1) is 5.41 Å². The highest BCUT2D eigenvalue weighted by Gasteiger charge is 2.39. The van der Waals surface area contributed by atoms with Crippen LogP contribution in [0.25, 0.3) is 0 Å². The molecule has 0 aromatic heterocycles. The van der Waals surface area contributed by atoms with Crippen molar-refractivity contribution in [3.8, 4) is 0 Å².